The number of aryl methyl sites for hydroxylation is 1. The Hall–Kier alpha value is -1.98. The average Bonchev–Trinajstić information content (AvgIpc) is 2.64. The van der Waals surface area contributed by atoms with Crippen molar-refractivity contribution >= 4 is 23.0 Å². The van der Waals surface area contributed by atoms with Crippen LogP contribution in [0.3, 0.4) is 0 Å². The molecule has 0 radical (unpaired) electrons. The summed E-state index contributed by atoms with van der Waals surface area (Å²) in [5.74, 6) is -0.183. The highest BCUT2D eigenvalue weighted by molar-refractivity contribution is 7.80. The van der Waals surface area contributed by atoms with Gasteiger partial charge in [0.1, 0.15) is 5.82 Å². The van der Waals surface area contributed by atoms with Crippen LogP contribution in [0.5, 0.6) is 0 Å². The third kappa shape index (κ3) is 4.77. The highest BCUT2D eigenvalue weighted by atomic mass is 32.1. The number of rotatable bonds is 4. The van der Waals surface area contributed by atoms with E-state index in [1.807, 2.05) is 18.2 Å². The molecule has 1 saturated heterocycles. The maximum Gasteiger partial charge on any atom is 0.173 e. The average molecular weight is 357 g/mol. The molecular weight excluding hydrogens is 333 g/mol. The largest absolute Gasteiger partial charge is 0.346 e. The molecule has 2 aromatic carbocycles. The Balaban J connectivity index is 1.51. The summed E-state index contributed by atoms with van der Waals surface area (Å²) in [5.41, 5.74) is 3.52. The summed E-state index contributed by atoms with van der Waals surface area (Å²) in [6.07, 6.45) is 0.983. The molecule has 0 spiro atoms. The van der Waals surface area contributed by atoms with Gasteiger partial charge in [0.15, 0.2) is 5.11 Å². The summed E-state index contributed by atoms with van der Waals surface area (Å²) in [6.45, 7) is 6.72. The van der Waals surface area contributed by atoms with Crippen molar-refractivity contribution in [2.75, 3.05) is 31.5 Å². The van der Waals surface area contributed by atoms with Crippen LogP contribution >= 0.6 is 12.2 Å². The van der Waals surface area contributed by atoms with Gasteiger partial charge in [-0.3, -0.25) is 4.90 Å². The van der Waals surface area contributed by atoms with Gasteiger partial charge in [-0.25, -0.2) is 4.39 Å². The number of benzene rings is 2. The topological polar surface area (TPSA) is 18.5 Å². The monoisotopic (exact) mass is 357 g/mol. The highest BCUT2D eigenvalue weighted by Crippen LogP contribution is 2.17. The maximum atomic E-state index is 13.0. The summed E-state index contributed by atoms with van der Waals surface area (Å²) in [6, 6.07) is 15.1. The molecule has 1 aliphatic rings. The van der Waals surface area contributed by atoms with E-state index in [-0.39, 0.29) is 5.82 Å². The lowest BCUT2D eigenvalue weighted by Crippen LogP contribution is -2.49. The van der Waals surface area contributed by atoms with Crippen LogP contribution in [-0.4, -0.2) is 41.1 Å². The van der Waals surface area contributed by atoms with E-state index in [9.17, 15) is 4.39 Å². The number of nitrogens with zero attached hydrogens (tertiary/aromatic N) is 2. The van der Waals surface area contributed by atoms with Crippen molar-refractivity contribution in [1.82, 2.24) is 9.80 Å². The van der Waals surface area contributed by atoms with Gasteiger partial charge >= 0.3 is 0 Å². The minimum Gasteiger partial charge on any atom is -0.346 e. The fraction of sp³-hybridized carbons (Fsp3) is 0.350. The van der Waals surface area contributed by atoms with Crippen LogP contribution in [0.15, 0.2) is 48.5 Å². The Kier molecular flexibility index (Phi) is 6.00. The van der Waals surface area contributed by atoms with Crippen LogP contribution in [0, 0.1) is 5.82 Å². The molecule has 0 amide bonds. The molecular formula is C20H24FN3S. The lowest BCUT2D eigenvalue weighted by Gasteiger charge is -2.36. The lowest BCUT2D eigenvalue weighted by atomic mass is 10.1. The number of hydrogen-bond donors (Lipinski definition) is 1. The van der Waals surface area contributed by atoms with Crippen LogP contribution in [-0.2, 0) is 13.0 Å². The quantitative estimate of drug-likeness (QED) is 0.836. The number of hydrogen-bond acceptors (Lipinski definition) is 2. The number of nitrogens with one attached hydrogen (secondary N) is 1. The number of piperazine rings is 1. The van der Waals surface area contributed by atoms with E-state index < -0.39 is 0 Å². The molecule has 25 heavy (non-hydrogen) atoms. The molecule has 0 aliphatic carbocycles. The van der Waals surface area contributed by atoms with Crippen molar-refractivity contribution in [3.05, 3.63) is 65.5 Å². The Labute approximate surface area is 154 Å². The van der Waals surface area contributed by atoms with Crippen molar-refractivity contribution in [2.45, 2.75) is 19.9 Å². The zero-order valence-electron chi connectivity index (χ0n) is 14.5. The molecule has 2 aromatic rings. The summed E-state index contributed by atoms with van der Waals surface area (Å²) in [5, 5.41) is 4.19. The lowest BCUT2D eigenvalue weighted by molar-refractivity contribution is 0.177. The molecule has 1 fully saturated rings. The Bertz CT molecular complexity index is 709. The maximum absolute atomic E-state index is 13.0. The zero-order chi connectivity index (χ0) is 17.6. The van der Waals surface area contributed by atoms with E-state index >= 15 is 0 Å². The number of halogens is 1. The van der Waals surface area contributed by atoms with Gasteiger partial charge in [-0.1, -0.05) is 37.3 Å². The zero-order valence-corrected chi connectivity index (χ0v) is 15.4. The normalized spacial score (nSPS) is 15.2. The molecule has 3 rings (SSSR count). The first kappa shape index (κ1) is 17.8. The van der Waals surface area contributed by atoms with Crippen LogP contribution in [0.1, 0.15) is 18.1 Å². The van der Waals surface area contributed by atoms with Crippen LogP contribution < -0.4 is 5.32 Å². The molecule has 5 heteroatoms. The highest BCUT2D eigenvalue weighted by Gasteiger charge is 2.19. The number of anilines is 1. The van der Waals surface area contributed by atoms with Crippen molar-refractivity contribution in [1.29, 1.82) is 0 Å². The summed E-state index contributed by atoms with van der Waals surface area (Å²) >= 11 is 5.60. The van der Waals surface area contributed by atoms with Gasteiger partial charge in [0.05, 0.1) is 0 Å². The van der Waals surface area contributed by atoms with E-state index in [0.717, 1.165) is 55.5 Å². The summed E-state index contributed by atoms with van der Waals surface area (Å²) in [7, 11) is 0. The minimum absolute atomic E-state index is 0.183. The first-order valence-electron chi connectivity index (χ1n) is 8.76. The molecule has 132 valence electrons. The fourth-order valence-corrected chi connectivity index (χ4v) is 3.39. The van der Waals surface area contributed by atoms with Crippen molar-refractivity contribution in [2.24, 2.45) is 0 Å². The van der Waals surface area contributed by atoms with Gasteiger partial charge in [-0.15, -0.1) is 0 Å². The van der Waals surface area contributed by atoms with Crippen LogP contribution in [0.2, 0.25) is 0 Å². The molecule has 0 aromatic heterocycles. The van der Waals surface area contributed by atoms with Gasteiger partial charge in [0, 0.05) is 38.4 Å². The van der Waals surface area contributed by atoms with E-state index in [4.69, 9.17) is 12.2 Å². The summed E-state index contributed by atoms with van der Waals surface area (Å²) < 4.78 is 13.0. The molecule has 1 N–H and O–H groups in total. The van der Waals surface area contributed by atoms with Crippen molar-refractivity contribution in [3.8, 4) is 0 Å². The van der Waals surface area contributed by atoms with E-state index in [0.29, 0.717) is 0 Å². The first-order chi connectivity index (χ1) is 12.2. The van der Waals surface area contributed by atoms with E-state index in [2.05, 4.69) is 40.2 Å². The molecule has 1 heterocycles. The molecule has 0 atom stereocenters. The Morgan fingerprint density at radius 1 is 1.04 bits per heavy atom. The molecule has 0 saturated carbocycles. The van der Waals surface area contributed by atoms with Gasteiger partial charge in [0.25, 0.3) is 0 Å². The Morgan fingerprint density at radius 2 is 1.72 bits per heavy atom. The van der Waals surface area contributed by atoms with E-state index in [1.165, 1.54) is 17.7 Å². The SMILES string of the molecule is CCc1ccccc1NC(=S)N1CCN(Cc2ccc(F)cc2)CC1. The van der Waals surface area contributed by atoms with Gasteiger partial charge in [0.2, 0.25) is 0 Å². The second-order valence-electron chi connectivity index (χ2n) is 6.33. The van der Waals surface area contributed by atoms with E-state index in [1.54, 1.807) is 0 Å². The molecule has 3 nitrogen and oxygen atoms in total. The van der Waals surface area contributed by atoms with Gasteiger partial charge in [-0.05, 0) is 48.0 Å². The van der Waals surface area contributed by atoms with Crippen molar-refractivity contribution < 1.29 is 4.39 Å². The molecule has 1 aliphatic heterocycles. The van der Waals surface area contributed by atoms with Gasteiger partial charge < -0.3 is 10.2 Å². The smallest absolute Gasteiger partial charge is 0.173 e. The first-order valence-corrected chi connectivity index (χ1v) is 9.17. The van der Waals surface area contributed by atoms with Crippen LogP contribution in [0.4, 0.5) is 10.1 Å². The van der Waals surface area contributed by atoms with Crippen LogP contribution in [0.25, 0.3) is 0 Å². The fourth-order valence-electron chi connectivity index (χ4n) is 3.10. The Morgan fingerprint density at radius 3 is 2.40 bits per heavy atom. The van der Waals surface area contributed by atoms with Gasteiger partial charge in [-0.2, -0.15) is 0 Å². The third-order valence-corrected chi connectivity index (χ3v) is 4.98. The second kappa shape index (κ2) is 8.41. The standard InChI is InChI=1S/C20H24FN3S/c1-2-17-5-3-4-6-19(17)22-20(25)24-13-11-23(12-14-24)15-16-7-9-18(21)10-8-16/h3-10H,2,11-15H2,1H3,(H,22,25). The van der Waals surface area contributed by atoms with Crippen molar-refractivity contribution in [3.63, 3.8) is 0 Å². The molecule has 0 unspecified atom stereocenters. The summed E-state index contributed by atoms with van der Waals surface area (Å²) in [4.78, 5) is 4.61. The predicted molar refractivity (Wildman–Crippen MR) is 105 cm³/mol. The minimum atomic E-state index is -0.183. The second-order valence-corrected chi connectivity index (χ2v) is 6.72. The number of para-hydroxylation sites is 1. The third-order valence-electron chi connectivity index (χ3n) is 4.62. The molecule has 0 bridgehead atoms. The number of thiocarbonyl (C=S) groups is 1. The predicted octanol–water partition coefficient (Wildman–Crippen LogP) is 3.90.